The molecule has 3 fully saturated rings. The molecule has 1 saturated carbocycles. The van der Waals surface area contributed by atoms with Gasteiger partial charge in [0.05, 0.1) is 18.8 Å². The van der Waals surface area contributed by atoms with E-state index in [1.165, 1.54) is 0 Å². The van der Waals surface area contributed by atoms with Crippen molar-refractivity contribution >= 4 is 0 Å². The van der Waals surface area contributed by atoms with Crippen molar-refractivity contribution in [2.45, 2.75) is 94.7 Å². The Morgan fingerprint density at radius 3 is 2.33 bits per heavy atom. The molecule has 0 spiro atoms. The van der Waals surface area contributed by atoms with Crippen LogP contribution in [0.5, 0.6) is 0 Å². The highest BCUT2D eigenvalue weighted by Gasteiger charge is 2.74. The van der Waals surface area contributed by atoms with E-state index < -0.39 is 60.7 Å². The second-order valence-corrected chi connectivity index (χ2v) is 8.91. The standard InChI is InChI=1S/C19H32O8/c1-10(25-16-15(24)14(23)13(22)12(9-20)26-16)5-6-19-17(2,3)7-11(21)8-18(19,4)27-19/h5-6,10-16,20-24H,7-9H2,1-4H3/b6-5+/t10-,11-,12-,13-,14+,15-,16+,18-,19+/m1/s1. The van der Waals surface area contributed by atoms with Crippen molar-refractivity contribution in [3.8, 4) is 0 Å². The molecule has 0 aromatic rings. The van der Waals surface area contributed by atoms with Crippen molar-refractivity contribution in [1.29, 1.82) is 0 Å². The lowest BCUT2D eigenvalue weighted by Crippen LogP contribution is -2.59. The van der Waals surface area contributed by atoms with Gasteiger partial charge in [0.15, 0.2) is 6.29 Å². The molecule has 1 aliphatic carbocycles. The zero-order valence-corrected chi connectivity index (χ0v) is 16.3. The number of ether oxygens (including phenoxy) is 3. The molecular formula is C19H32O8. The second kappa shape index (κ2) is 7.03. The van der Waals surface area contributed by atoms with Gasteiger partial charge in [0.1, 0.15) is 35.6 Å². The lowest BCUT2D eigenvalue weighted by molar-refractivity contribution is -0.306. The summed E-state index contributed by atoms with van der Waals surface area (Å²) in [5.74, 6) is 0. The number of hydrogen-bond acceptors (Lipinski definition) is 8. The number of fused-ring (bicyclic) bond motifs is 1. The molecule has 3 aliphatic rings. The summed E-state index contributed by atoms with van der Waals surface area (Å²) in [6, 6.07) is 0. The topological polar surface area (TPSA) is 132 Å². The summed E-state index contributed by atoms with van der Waals surface area (Å²) in [4.78, 5) is 0. The number of aliphatic hydroxyl groups is 5. The molecule has 5 N–H and O–H groups in total. The molecule has 27 heavy (non-hydrogen) atoms. The van der Waals surface area contributed by atoms with E-state index >= 15 is 0 Å². The summed E-state index contributed by atoms with van der Waals surface area (Å²) < 4.78 is 17.1. The lowest BCUT2D eigenvalue weighted by Gasteiger charge is -2.40. The highest BCUT2D eigenvalue weighted by Crippen LogP contribution is 2.66. The minimum Gasteiger partial charge on any atom is -0.394 e. The SMILES string of the molecule is C[C@H](/C=C/[C@@]12O[C@]1(C)C[C@H](O)CC2(C)C)O[C@H]1O[C@H](CO)[C@@H](O)[C@H](O)[C@H]1O. The van der Waals surface area contributed by atoms with Crippen LogP contribution in [0.1, 0.15) is 40.5 Å². The van der Waals surface area contributed by atoms with Crippen LogP contribution < -0.4 is 0 Å². The van der Waals surface area contributed by atoms with E-state index in [-0.39, 0.29) is 5.41 Å². The number of rotatable bonds is 5. The minimum atomic E-state index is -1.47. The number of aliphatic hydroxyl groups excluding tert-OH is 5. The quantitative estimate of drug-likeness (QED) is 0.313. The first-order valence-corrected chi connectivity index (χ1v) is 9.50. The van der Waals surface area contributed by atoms with Crippen molar-refractivity contribution in [2.75, 3.05) is 6.61 Å². The first-order chi connectivity index (χ1) is 12.5. The van der Waals surface area contributed by atoms with Crippen molar-refractivity contribution < 1.29 is 39.7 Å². The van der Waals surface area contributed by atoms with E-state index in [0.29, 0.717) is 12.8 Å². The van der Waals surface area contributed by atoms with Crippen molar-refractivity contribution in [2.24, 2.45) is 5.41 Å². The molecule has 0 bridgehead atoms. The van der Waals surface area contributed by atoms with E-state index in [2.05, 4.69) is 13.8 Å². The van der Waals surface area contributed by atoms with Gasteiger partial charge >= 0.3 is 0 Å². The van der Waals surface area contributed by atoms with Gasteiger partial charge < -0.3 is 39.7 Å². The fourth-order valence-corrected chi connectivity index (χ4v) is 4.78. The van der Waals surface area contributed by atoms with Gasteiger partial charge in [-0.25, -0.2) is 0 Å². The molecule has 0 amide bonds. The predicted octanol–water partition coefficient (Wildman–Crippen LogP) is -0.544. The van der Waals surface area contributed by atoms with E-state index in [0.717, 1.165) is 0 Å². The molecule has 0 aromatic carbocycles. The fourth-order valence-electron chi connectivity index (χ4n) is 4.78. The molecule has 2 heterocycles. The third-order valence-corrected chi connectivity index (χ3v) is 6.31. The maximum Gasteiger partial charge on any atom is 0.187 e. The van der Waals surface area contributed by atoms with E-state index in [1.807, 2.05) is 19.1 Å². The van der Waals surface area contributed by atoms with Gasteiger partial charge in [0.25, 0.3) is 0 Å². The zero-order valence-electron chi connectivity index (χ0n) is 16.3. The molecule has 0 unspecified atom stereocenters. The van der Waals surface area contributed by atoms with Crippen LogP contribution in [-0.4, -0.2) is 86.3 Å². The first kappa shape index (κ1) is 21.1. The Bertz CT molecular complexity index is 578. The van der Waals surface area contributed by atoms with Gasteiger partial charge in [-0.2, -0.15) is 0 Å². The Balaban J connectivity index is 1.67. The maximum absolute atomic E-state index is 10.1. The van der Waals surface area contributed by atoms with Crippen LogP contribution in [-0.2, 0) is 14.2 Å². The molecule has 9 atom stereocenters. The van der Waals surface area contributed by atoms with Gasteiger partial charge in [-0.1, -0.05) is 26.0 Å². The number of epoxide rings is 1. The van der Waals surface area contributed by atoms with Crippen LogP contribution >= 0.6 is 0 Å². The normalized spacial score (nSPS) is 50.4. The second-order valence-electron chi connectivity index (χ2n) is 8.91. The molecule has 0 radical (unpaired) electrons. The highest BCUT2D eigenvalue weighted by molar-refractivity contribution is 5.32. The maximum atomic E-state index is 10.1. The first-order valence-electron chi connectivity index (χ1n) is 9.50. The summed E-state index contributed by atoms with van der Waals surface area (Å²) in [5.41, 5.74) is -1.17. The van der Waals surface area contributed by atoms with Gasteiger partial charge in [-0.3, -0.25) is 0 Å². The zero-order chi connectivity index (χ0) is 20.2. The van der Waals surface area contributed by atoms with Crippen LogP contribution in [0.2, 0.25) is 0 Å². The van der Waals surface area contributed by atoms with Crippen LogP contribution in [0.15, 0.2) is 12.2 Å². The van der Waals surface area contributed by atoms with Gasteiger partial charge in [0.2, 0.25) is 0 Å². The number of hydrogen-bond donors (Lipinski definition) is 5. The Morgan fingerprint density at radius 2 is 1.74 bits per heavy atom. The largest absolute Gasteiger partial charge is 0.394 e. The van der Waals surface area contributed by atoms with Crippen molar-refractivity contribution in [1.82, 2.24) is 0 Å². The molecular weight excluding hydrogens is 356 g/mol. The highest BCUT2D eigenvalue weighted by atomic mass is 16.7. The van der Waals surface area contributed by atoms with Crippen LogP contribution in [0.3, 0.4) is 0 Å². The van der Waals surface area contributed by atoms with Gasteiger partial charge in [0, 0.05) is 11.8 Å². The Hall–Kier alpha value is -0.580. The summed E-state index contributed by atoms with van der Waals surface area (Å²) in [6.45, 7) is 7.38. The molecule has 3 rings (SSSR count). The van der Waals surface area contributed by atoms with Crippen LogP contribution in [0.4, 0.5) is 0 Å². The summed E-state index contributed by atoms with van der Waals surface area (Å²) >= 11 is 0. The third kappa shape index (κ3) is 3.47. The molecule has 2 saturated heterocycles. The summed E-state index contributed by atoms with van der Waals surface area (Å²) in [6.07, 6.45) is -2.39. The van der Waals surface area contributed by atoms with Crippen LogP contribution in [0, 0.1) is 5.41 Å². The van der Waals surface area contributed by atoms with Gasteiger partial charge in [-0.15, -0.1) is 0 Å². The molecule has 8 nitrogen and oxygen atoms in total. The Labute approximate surface area is 159 Å². The average Bonchev–Trinajstić information content (AvgIpc) is 3.19. The van der Waals surface area contributed by atoms with Crippen molar-refractivity contribution in [3.63, 3.8) is 0 Å². The van der Waals surface area contributed by atoms with E-state index in [4.69, 9.17) is 14.2 Å². The third-order valence-electron chi connectivity index (χ3n) is 6.31. The smallest absolute Gasteiger partial charge is 0.187 e. The Kier molecular flexibility index (Phi) is 5.51. The van der Waals surface area contributed by atoms with E-state index in [9.17, 15) is 25.5 Å². The molecule has 2 aliphatic heterocycles. The van der Waals surface area contributed by atoms with Gasteiger partial charge in [-0.05, 0) is 20.3 Å². The summed E-state index contributed by atoms with van der Waals surface area (Å²) in [5, 5.41) is 49.1. The minimum absolute atomic E-state index is 0.251. The average molecular weight is 388 g/mol. The monoisotopic (exact) mass is 388 g/mol. The Morgan fingerprint density at radius 1 is 1.07 bits per heavy atom. The lowest BCUT2D eigenvalue weighted by atomic mass is 9.63. The molecule has 8 heteroatoms. The molecule has 156 valence electrons. The predicted molar refractivity (Wildman–Crippen MR) is 94.7 cm³/mol. The van der Waals surface area contributed by atoms with E-state index in [1.54, 1.807) is 6.92 Å². The molecule has 0 aromatic heterocycles. The van der Waals surface area contributed by atoms with Crippen molar-refractivity contribution in [3.05, 3.63) is 12.2 Å². The summed E-state index contributed by atoms with van der Waals surface area (Å²) in [7, 11) is 0. The van der Waals surface area contributed by atoms with Crippen LogP contribution in [0.25, 0.3) is 0 Å². The fraction of sp³-hybridized carbons (Fsp3) is 0.895.